The molecule has 0 saturated heterocycles. The first-order chi connectivity index (χ1) is 9.66. The van der Waals surface area contributed by atoms with Crippen LogP contribution in [0.25, 0.3) is 0 Å². The van der Waals surface area contributed by atoms with Gasteiger partial charge < -0.3 is 0 Å². The summed E-state index contributed by atoms with van der Waals surface area (Å²) in [6.45, 7) is 0. The van der Waals surface area contributed by atoms with E-state index in [9.17, 15) is 13.6 Å². The predicted octanol–water partition coefficient (Wildman–Crippen LogP) is 1.33. The summed E-state index contributed by atoms with van der Waals surface area (Å²) in [5.74, 6) is -2.16. The van der Waals surface area contributed by atoms with Gasteiger partial charge in [-0.05, 0) is 18.6 Å². The van der Waals surface area contributed by atoms with E-state index in [0.717, 1.165) is 0 Å². The molecule has 0 spiro atoms. The third-order valence-corrected chi connectivity index (χ3v) is 3.22. The van der Waals surface area contributed by atoms with Crippen molar-refractivity contribution >= 4 is 11.9 Å². The summed E-state index contributed by atoms with van der Waals surface area (Å²) in [5.41, 5.74) is 4.93. The van der Waals surface area contributed by atoms with Crippen LogP contribution in [0.15, 0.2) is 24.5 Å². The van der Waals surface area contributed by atoms with Crippen LogP contribution < -0.4 is 10.9 Å². The molecule has 3 N–H and O–H groups in total. The van der Waals surface area contributed by atoms with E-state index in [1.807, 2.05) is 0 Å². The molecule has 1 aromatic heterocycles. The van der Waals surface area contributed by atoms with Gasteiger partial charge in [0.05, 0.1) is 0 Å². The third-order valence-electron chi connectivity index (χ3n) is 3.22. The van der Waals surface area contributed by atoms with Gasteiger partial charge in [0.2, 0.25) is 11.9 Å². The third kappa shape index (κ3) is 2.31. The van der Waals surface area contributed by atoms with Crippen LogP contribution in [0.3, 0.4) is 0 Å². The van der Waals surface area contributed by atoms with E-state index in [1.54, 1.807) is 0 Å². The standard InChI is InChI=1S/C12H11F2N5O/c13-8-2-1-3-9(14)10(8)6-4-7(6)11(20)17-19-12-15-5-16-18-12/h1-3,5-7H,4H2,(H,17,20)(H2,15,16,18,19)/t6-,7-/m0/s1. The van der Waals surface area contributed by atoms with Crippen LogP contribution in [-0.2, 0) is 4.79 Å². The molecule has 3 rings (SSSR count). The average molecular weight is 279 g/mol. The van der Waals surface area contributed by atoms with E-state index in [4.69, 9.17) is 0 Å². The number of halogens is 2. The van der Waals surface area contributed by atoms with Crippen molar-refractivity contribution in [3.8, 4) is 0 Å². The highest BCUT2D eigenvalue weighted by Crippen LogP contribution is 2.49. The minimum absolute atomic E-state index is 0.0210. The Morgan fingerprint density at radius 1 is 1.35 bits per heavy atom. The van der Waals surface area contributed by atoms with Crippen LogP contribution in [0.4, 0.5) is 14.7 Å². The number of nitrogens with zero attached hydrogens (tertiary/aromatic N) is 2. The van der Waals surface area contributed by atoms with E-state index in [-0.39, 0.29) is 17.4 Å². The van der Waals surface area contributed by atoms with Gasteiger partial charge in [0, 0.05) is 17.4 Å². The Kier molecular flexibility index (Phi) is 3.05. The van der Waals surface area contributed by atoms with Crippen LogP contribution in [0, 0.1) is 17.6 Å². The summed E-state index contributed by atoms with van der Waals surface area (Å²) in [6, 6.07) is 3.69. The Morgan fingerprint density at radius 3 is 2.75 bits per heavy atom. The van der Waals surface area contributed by atoms with Gasteiger partial charge >= 0.3 is 0 Å². The molecule has 1 saturated carbocycles. The molecule has 0 aliphatic heterocycles. The first-order valence-electron chi connectivity index (χ1n) is 6.02. The second kappa shape index (κ2) is 4.87. The monoisotopic (exact) mass is 279 g/mol. The van der Waals surface area contributed by atoms with Crippen molar-refractivity contribution < 1.29 is 13.6 Å². The van der Waals surface area contributed by atoms with Gasteiger partial charge in [0.25, 0.3) is 0 Å². The van der Waals surface area contributed by atoms with Crippen molar-refractivity contribution in [1.82, 2.24) is 20.6 Å². The highest BCUT2D eigenvalue weighted by Gasteiger charge is 2.46. The van der Waals surface area contributed by atoms with Gasteiger partial charge in [-0.15, -0.1) is 0 Å². The van der Waals surface area contributed by atoms with Crippen molar-refractivity contribution in [2.45, 2.75) is 12.3 Å². The first kappa shape index (κ1) is 12.5. The number of carbonyl (C=O) groups excluding carboxylic acids is 1. The lowest BCUT2D eigenvalue weighted by Gasteiger charge is -2.06. The zero-order valence-corrected chi connectivity index (χ0v) is 10.2. The minimum atomic E-state index is -0.617. The van der Waals surface area contributed by atoms with Crippen LogP contribution in [0.2, 0.25) is 0 Å². The van der Waals surface area contributed by atoms with Crippen molar-refractivity contribution in [3.05, 3.63) is 41.7 Å². The van der Waals surface area contributed by atoms with Gasteiger partial charge in [0.15, 0.2) is 0 Å². The molecule has 1 amide bonds. The molecule has 104 valence electrons. The fraction of sp³-hybridized carbons (Fsp3) is 0.250. The number of amides is 1. The summed E-state index contributed by atoms with van der Waals surface area (Å²) in [6.07, 6.45) is 1.70. The highest BCUT2D eigenvalue weighted by molar-refractivity contribution is 5.83. The lowest BCUT2D eigenvalue weighted by Crippen LogP contribution is -2.31. The van der Waals surface area contributed by atoms with E-state index in [1.165, 1.54) is 24.5 Å². The number of hydrogen-bond acceptors (Lipinski definition) is 4. The fourth-order valence-electron chi connectivity index (χ4n) is 2.15. The molecular weight excluding hydrogens is 268 g/mol. The normalized spacial score (nSPS) is 20.5. The molecule has 1 aliphatic rings. The topological polar surface area (TPSA) is 82.7 Å². The number of benzene rings is 1. The van der Waals surface area contributed by atoms with E-state index in [2.05, 4.69) is 26.0 Å². The lowest BCUT2D eigenvalue weighted by atomic mass is 10.1. The van der Waals surface area contributed by atoms with Crippen molar-refractivity contribution in [1.29, 1.82) is 0 Å². The summed E-state index contributed by atoms with van der Waals surface area (Å²) in [4.78, 5) is 15.6. The Hall–Kier alpha value is -2.51. The smallest absolute Gasteiger partial charge is 0.242 e. The van der Waals surface area contributed by atoms with Gasteiger partial charge in [-0.25, -0.2) is 13.9 Å². The second-order valence-electron chi connectivity index (χ2n) is 4.53. The Bertz CT molecular complexity index is 611. The molecule has 2 aromatic rings. The zero-order chi connectivity index (χ0) is 14.1. The Labute approximate surface area is 112 Å². The number of nitrogens with one attached hydrogen (secondary N) is 3. The number of hydrogen-bond donors (Lipinski definition) is 3. The molecule has 0 bridgehead atoms. The number of aromatic nitrogens is 3. The minimum Gasteiger partial charge on any atom is -0.273 e. The van der Waals surface area contributed by atoms with Crippen LogP contribution in [-0.4, -0.2) is 21.1 Å². The van der Waals surface area contributed by atoms with Gasteiger partial charge in [-0.1, -0.05) is 6.07 Å². The van der Waals surface area contributed by atoms with E-state index < -0.39 is 23.5 Å². The number of H-pyrrole nitrogens is 1. The van der Waals surface area contributed by atoms with Crippen molar-refractivity contribution in [2.75, 3.05) is 5.43 Å². The predicted molar refractivity (Wildman–Crippen MR) is 65.4 cm³/mol. The molecule has 8 heteroatoms. The second-order valence-corrected chi connectivity index (χ2v) is 4.53. The lowest BCUT2D eigenvalue weighted by molar-refractivity contribution is -0.121. The summed E-state index contributed by atoms with van der Waals surface area (Å²) in [5, 5.41) is 6.10. The molecular formula is C12H11F2N5O. The number of carbonyl (C=O) groups is 1. The molecule has 0 unspecified atom stereocenters. The largest absolute Gasteiger partial charge is 0.273 e. The molecule has 2 atom stereocenters. The van der Waals surface area contributed by atoms with Crippen LogP contribution >= 0.6 is 0 Å². The summed E-state index contributed by atoms with van der Waals surface area (Å²) < 4.78 is 27.2. The number of hydrazine groups is 1. The first-order valence-corrected chi connectivity index (χ1v) is 6.02. The van der Waals surface area contributed by atoms with E-state index in [0.29, 0.717) is 6.42 Å². The van der Waals surface area contributed by atoms with Crippen molar-refractivity contribution in [2.24, 2.45) is 5.92 Å². The maximum absolute atomic E-state index is 13.6. The Balaban J connectivity index is 1.62. The fourth-order valence-corrected chi connectivity index (χ4v) is 2.15. The van der Waals surface area contributed by atoms with Crippen LogP contribution in [0.1, 0.15) is 17.9 Å². The summed E-state index contributed by atoms with van der Waals surface area (Å²) >= 11 is 0. The molecule has 1 aromatic carbocycles. The van der Waals surface area contributed by atoms with Crippen LogP contribution in [0.5, 0.6) is 0 Å². The summed E-state index contributed by atoms with van der Waals surface area (Å²) in [7, 11) is 0. The molecule has 1 fully saturated rings. The SMILES string of the molecule is O=C(NNc1ncn[nH]1)[C@H]1C[C@@H]1c1c(F)cccc1F. The number of rotatable bonds is 4. The quantitative estimate of drug-likeness (QED) is 0.737. The Morgan fingerprint density at radius 2 is 2.10 bits per heavy atom. The zero-order valence-electron chi connectivity index (χ0n) is 10.2. The maximum Gasteiger partial charge on any atom is 0.242 e. The molecule has 20 heavy (non-hydrogen) atoms. The van der Waals surface area contributed by atoms with E-state index >= 15 is 0 Å². The number of aromatic amines is 1. The molecule has 6 nitrogen and oxygen atoms in total. The van der Waals surface area contributed by atoms with Crippen molar-refractivity contribution in [3.63, 3.8) is 0 Å². The van der Waals surface area contributed by atoms with Gasteiger partial charge in [-0.2, -0.15) is 10.1 Å². The number of anilines is 1. The van der Waals surface area contributed by atoms with Gasteiger partial charge in [0.1, 0.15) is 18.0 Å². The molecule has 1 heterocycles. The average Bonchev–Trinajstić information content (AvgIpc) is 3.02. The highest BCUT2D eigenvalue weighted by atomic mass is 19.1. The van der Waals surface area contributed by atoms with Gasteiger partial charge in [-0.3, -0.25) is 15.6 Å². The molecule has 1 aliphatic carbocycles. The maximum atomic E-state index is 13.6. The molecule has 0 radical (unpaired) electrons.